The number of hydrogen-bond acceptors (Lipinski definition) is 6. The molecule has 2 aromatic carbocycles. The van der Waals surface area contributed by atoms with Crippen LogP contribution in [0.25, 0.3) is 0 Å². The zero-order chi connectivity index (χ0) is 31.9. The van der Waals surface area contributed by atoms with Crippen molar-refractivity contribution in [2.24, 2.45) is 0 Å². The smallest absolute Gasteiger partial charge is 0.324 e. The van der Waals surface area contributed by atoms with E-state index < -0.39 is 5.92 Å². The molecule has 0 spiro atoms. The average Bonchev–Trinajstić information content (AvgIpc) is 3.45. The Balaban J connectivity index is 1.38. The molecule has 2 heterocycles. The Bertz CT molecular complexity index is 1330. The molecule has 44 heavy (non-hydrogen) atoms. The largest absolute Gasteiger partial charge is 0.496 e. The highest BCUT2D eigenvalue weighted by molar-refractivity contribution is 5.93. The van der Waals surface area contributed by atoms with Crippen molar-refractivity contribution in [3.05, 3.63) is 47.5 Å². The first-order valence-electron chi connectivity index (χ1n) is 14.9. The second-order valence-electron chi connectivity index (χ2n) is 11.4. The molecular formula is C32H42F2N4O6. The number of alkyl halides is 2. The Morgan fingerprint density at radius 1 is 1.02 bits per heavy atom. The van der Waals surface area contributed by atoms with Crippen LogP contribution in [-0.4, -0.2) is 86.6 Å². The molecule has 240 valence electrons. The minimum absolute atomic E-state index is 0.00899. The summed E-state index contributed by atoms with van der Waals surface area (Å²) in [6, 6.07) is 10.5. The first kappa shape index (κ1) is 32.8. The number of rotatable bonds is 13. The summed E-state index contributed by atoms with van der Waals surface area (Å²) in [6.07, 6.45) is 1.54. The fourth-order valence-electron chi connectivity index (χ4n) is 5.54. The van der Waals surface area contributed by atoms with Crippen molar-refractivity contribution in [1.29, 1.82) is 0 Å². The van der Waals surface area contributed by atoms with E-state index in [9.17, 15) is 23.2 Å². The molecule has 2 fully saturated rings. The molecule has 0 saturated carbocycles. The molecule has 4 rings (SSSR count). The van der Waals surface area contributed by atoms with Gasteiger partial charge in [0.1, 0.15) is 5.75 Å². The van der Waals surface area contributed by atoms with Crippen molar-refractivity contribution >= 4 is 23.5 Å². The standard InChI is InChI=1S/C32H42F2N4O6/c1-22(39)36-15-11-25(21-36)35-30(40)18-23-7-8-24(28(17-23)43-4)20-37-13-6-14-38(31(37)41)26-9-10-27(42-3)29(19-26)44-16-5-12-32(2,33)34/h7-10,17,19,25H,5-6,11-16,18,20-21H2,1-4H3,(H,35,40). The average molecular weight is 617 g/mol. The van der Waals surface area contributed by atoms with Crippen LogP contribution in [0.4, 0.5) is 19.3 Å². The molecule has 10 nitrogen and oxygen atoms in total. The second-order valence-corrected chi connectivity index (χ2v) is 11.4. The van der Waals surface area contributed by atoms with Gasteiger partial charge in [-0.05, 0) is 49.9 Å². The molecule has 0 radical (unpaired) electrons. The Labute approximate surface area is 257 Å². The number of halogens is 2. The zero-order valence-corrected chi connectivity index (χ0v) is 25.9. The summed E-state index contributed by atoms with van der Waals surface area (Å²) in [5, 5.41) is 3.01. The van der Waals surface area contributed by atoms with Crippen molar-refractivity contribution in [2.45, 2.75) is 64.5 Å². The molecule has 0 aliphatic carbocycles. The van der Waals surface area contributed by atoms with E-state index in [2.05, 4.69) is 5.32 Å². The van der Waals surface area contributed by atoms with E-state index in [1.54, 1.807) is 40.0 Å². The molecule has 1 atom stereocenters. The van der Waals surface area contributed by atoms with E-state index in [0.29, 0.717) is 55.7 Å². The lowest BCUT2D eigenvalue weighted by Crippen LogP contribution is -2.49. The number of nitrogens with zero attached hydrogens (tertiary/aromatic N) is 3. The number of methoxy groups -OCH3 is 2. The van der Waals surface area contributed by atoms with Crippen LogP contribution in [0.1, 0.15) is 50.7 Å². The van der Waals surface area contributed by atoms with Crippen LogP contribution in [0.5, 0.6) is 17.2 Å². The fraction of sp³-hybridized carbons (Fsp3) is 0.531. The van der Waals surface area contributed by atoms with Crippen molar-refractivity contribution in [3.63, 3.8) is 0 Å². The summed E-state index contributed by atoms with van der Waals surface area (Å²) in [4.78, 5) is 43.0. The second kappa shape index (κ2) is 14.6. The van der Waals surface area contributed by atoms with Crippen molar-refractivity contribution in [2.75, 3.05) is 51.9 Å². The predicted octanol–water partition coefficient (Wildman–Crippen LogP) is 4.63. The number of benzene rings is 2. The number of likely N-dealkylation sites (tertiary alicyclic amines) is 1. The van der Waals surface area contributed by atoms with Crippen LogP contribution < -0.4 is 24.4 Å². The molecule has 1 N–H and O–H groups in total. The molecule has 2 aliphatic rings. The number of carbonyl (C=O) groups is 3. The van der Waals surface area contributed by atoms with Crippen LogP contribution in [0, 0.1) is 0 Å². The molecule has 2 saturated heterocycles. The Morgan fingerprint density at radius 2 is 1.80 bits per heavy atom. The van der Waals surface area contributed by atoms with Gasteiger partial charge in [-0.3, -0.25) is 14.5 Å². The molecule has 0 bridgehead atoms. The number of hydrogen-bond donors (Lipinski definition) is 1. The molecule has 1 unspecified atom stereocenters. The van der Waals surface area contributed by atoms with Gasteiger partial charge in [0.05, 0.1) is 33.8 Å². The molecular weight excluding hydrogens is 574 g/mol. The van der Waals surface area contributed by atoms with E-state index in [-0.39, 0.29) is 49.8 Å². The third kappa shape index (κ3) is 8.73. The SMILES string of the molecule is COc1cc(CC(=O)NC2CCN(C(C)=O)C2)ccc1CN1CCCN(c2ccc(OC)c(OCCCC(C)(F)F)c2)C1=O. The van der Waals surface area contributed by atoms with Gasteiger partial charge in [0.15, 0.2) is 11.5 Å². The summed E-state index contributed by atoms with van der Waals surface area (Å²) in [5.74, 6) is -1.44. The highest BCUT2D eigenvalue weighted by Gasteiger charge is 2.29. The summed E-state index contributed by atoms with van der Waals surface area (Å²) in [7, 11) is 3.06. The highest BCUT2D eigenvalue weighted by Crippen LogP contribution is 2.34. The topological polar surface area (TPSA) is 101 Å². The van der Waals surface area contributed by atoms with Crippen molar-refractivity contribution < 1.29 is 37.4 Å². The number of urea groups is 1. The van der Waals surface area contributed by atoms with Crippen LogP contribution >= 0.6 is 0 Å². The van der Waals surface area contributed by atoms with Crippen molar-refractivity contribution in [3.8, 4) is 17.2 Å². The highest BCUT2D eigenvalue weighted by atomic mass is 19.3. The Kier molecular flexibility index (Phi) is 10.9. The summed E-state index contributed by atoms with van der Waals surface area (Å²) in [6.45, 7) is 5.07. The molecule has 2 aliphatic heterocycles. The van der Waals surface area contributed by atoms with Gasteiger partial charge in [-0.25, -0.2) is 13.6 Å². The van der Waals surface area contributed by atoms with E-state index in [4.69, 9.17) is 14.2 Å². The lowest BCUT2D eigenvalue weighted by Gasteiger charge is -2.36. The quantitative estimate of drug-likeness (QED) is 0.330. The third-order valence-electron chi connectivity index (χ3n) is 7.86. The minimum atomic E-state index is -2.76. The third-order valence-corrected chi connectivity index (χ3v) is 7.86. The number of ether oxygens (including phenoxy) is 3. The van der Waals surface area contributed by atoms with Gasteiger partial charge in [-0.2, -0.15) is 0 Å². The number of amides is 4. The minimum Gasteiger partial charge on any atom is -0.496 e. The number of carbonyl (C=O) groups excluding carboxylic acids is 3. The van der Waals surface area contributed by atoms with Gasteiger partial charge >= 0.3 is 6.03 Å². The fourth-order valence-corrected chi connectivity index (χ4v) is 5.54. The van der Waals surface area contributed by atoms with Crippen LogP contribution in [0.15, 0.2) is 36.4 Å². The van der Waals surface area contributed by atoms with E-state index in [1.807, 2.05) is 18.2 Å². The number of nitrogens with one attached hydrogen (secondary N) is 1. The lowest BCUT2D eigenvalue weighted by molar-refractivity contribution is -0.128. The maximum absolute atomic E-state index is 13.6. The summed E-state index contributed by atoms with van der Waals surface area (Å²) in [5.41, 5.74) is 2.22. The first-order valence-corrected chi connectivity index (χ1v) is 14.9. The zero-order valence-electron chi connectivity index (χ0n) is 25.9. The normalized spacial score (nSPS) is 17.1. The van der Waals surface area contributed by atoms with Crippen molar-refractivity contribution in [1.82, 2.24) is 15.1 Å². The van der Waals surface area contributed by atoms with E-state index >= 15 is 0 Å². The monoisotopic (exact) mass is 616 g/mol. The molecule has 12 heteroatoms. The van der Waals surface area contributed by atoms with Crippen LogP contribution in [0.3, 0.4) is 0 Å². The Hall–Kier alpha value is -4.09. The first-order chi connectivity index (χ1) is 21.0. The predicted molar refractivity (Wildman–Crippen MR) is 162 cm³/mol. The molecule has 0 aromatic heterocycles. The maximum atomic E-state index is 13.6. The Morgan fingerprint density at radius 3 is 2.48 bits per heavy atom. The lowest BCUT2D eigenvalue weighted by atomic mass is 10.1. The molecule has 2 aromatic rings. The van der Waals surface area contributed by atoms with Gasteiger partial charge in [0.2, 0.25) is 17.7 Å². The summed E-state index contributed by atoms with van der Waals surface area (Å²) < 4.78 is 43.2. The van der Waals surface area contributed by atoms with Gasteiger partial charge in [0, 0.05) is 62.9 Å². The van der Waals surface area contributed by atoms with Crippen LogP contribution in [0.2, 0.25) is 0 Å². The summed E-state index contributed by atoms with van der Waals surface area (Å²) >= 11 is 0. The number of anilines is 1. The maximum Gasteiger partial charge on any atom is 0.324 e. The van der Waals surface area contributed by atoms with Crippen LogP contribution in [-0.2, 0) is 22.6 Å². The van der Waals surface area contributed by atoms with E-state index in [0.717, 1.165) is 30.9 Å². The van der Waals surface area contributed by atoms with Gasteiger partial charge in [-0.15, -0.1) is 0 Å². The van der Waals surface area contributed by atoms with E-state index in [1.165, 1.54) is 14.0 Å². The van der Waals surface area contributed by atoms with Gasteiger partial charge < -0.3 is 29.3 Å². The van der Waals surface area contributed by atoms with Gasteiger partial charge in [0.25, 0.3) is 0 Å². The molecule has 4 amide bonds. The van der Waals surface area contributed by atoms with Gasteiger partial charge in [-0.1, -0.05) is 12.1 Å².